The van der Waals surface area contributed by atoms with Gasteiger partial charge >= 0.3 is 0 Å². The van der Waals surface area contributed by atoms with E-state index in [1.54, 1.807) is 10.7 Å². The van der Waals surface area contributed by atoms with Gasteiger partial charge in [0, 0.05) is 22.8 Å². The Bertz CT molecular complexity index is 971. The number of hydrogen-bond acceptors (Lipinski definition) is 3. The number of H-pyrrole nitrogens is 1. The van der Waals surface area contributed by atoms with Gasteiger partial charge in [0.1, 0.15) is 11.4 Å². The SMILES string of the molecule is CC(C)(C)Nc1c(C(C)(C)C)nc2c(C(=O)Nc3ccc(F)cc3)c[nH]n12. The molecule has 2 aromatic heterocycles. The van der Waals surface area contributed by atoms with Crippen molar-refractivity contribution < 1.29 is 9.18 Å². The van der Waals surface area contributed by atoms with Gasteiger partial charge in [0.25, 0.3) is 5.91 Å². The number of fused-ring (bicyclic) bond motifs is 1. The first-order valence-corrected chi connectivity index (χ1v) is 8.91. The fraction of sp³-hybridized carbons (Fsp3) is 0.400. The molecule has 0 bridgehead atoms. The van der Waals surface area contributed by atoms with Gasteiger partial charge in [0.2, 0.25) is 0 Å². The number of anilines is 2. The van der Waals surface area contributed by atoms with E-state index in [2.05, 4.69) is 57.3 Å². The molecular formula is C20H26FN5O. The van der Waals surface area contributed by atoms with Crippen molar-refractivity contribution in [2.45, 2.75) is 52.5 Å². The van der Waals surface area contributed by atoms with Gasteiger partial charge in [-0.3, -0.25) is 9.89 Å². The van der Waals surface area contributed by atoms with Crippen LogP contribution < -0.4 is 10.6 Å². The lowest BCUT2D eigenvalue weighted by Crippen LogP contribution is -2.29. The minimum Gasteiger partial charge on any atom is -0.364 e. The maximum Gasteiger partial charge on any atom is 0.261 e. The zero-order valence-electron chi connectivity index (χ0n) is 16.6. The maximum atomic E-state index is 13.1. The highest BCUT2D eigenvalue weighted by Gasteiger charge is 2.29. The lowest BCUT2D eigenvalue weighted by atomic mass is 9.91. The highest BCUT2D eigenvalue weighted by atomic mass is 19.1. The predicted molar refractivity (Wildman–Crippen MR) is 106 cm³/mol. The van der Waals surface area contributed by atoms with Crippen LogP contribution in [0, 0.1) is 5.82 Å². The number of halogens is 1. The Kier molecular flexibility index (Phi) is 4.49. The molecule has 1 aromatic carbocycles. The summed E-state index contributed by atoms with van der Waals surface area (Å²) < 4.78 is 14.9. The van der Waals surface area contributed by atoms with E-state index >= 15 is 0 Å². The number of imidazole rings is 1. The number of rotatable bonds is 3. The molecule has 3 rings (SSSR count). The quantitative estimate of drug-likeness (QED) is 0.632. The molecule has 0 fully saturated rings. The third-order valence-corrected chi connectivity index (χ3v) is 4.01. The zero-order chi connectivity index (χ0) is 20.0. The van der Waals surface area contributed by atoms with E-state index in [-0.39, 0.29) is 22.7 Å². The summed E-state index contributed by atoms with van der Waals surface area (Å²) in [5.41, 5.74) is 2.00. The van der Waals surface area contributed by atoms with E-state index in [4.69, 9.17) is 4.98 Å². The molecule has 0 aliphatic rings. The van der Waals surface area contributed by atoms with Gasteiger partial charge in [0.05, 0.1) is 5.69 Å². The molecule has 0 spiro atoms. The Balaban J connectivity index is 2.02. The largest absolute Gasteiger partial charge is 0.364 e. The van der Waals surface area contributed by atoms with Gasteiger partial charge in [-0.05, 0) is 45.0 Å². The summed E-state index contributed by atoms with van der Waals surface area (Å²) in [6.07, 6.45) is 1.63. The van der Waals surface area contributed by atoms with Crippen LogP contribution in [0.25, 0.3) is 5.65 Å². The fourth-order valence-corrected chi connectivity index (χ4v) is 2.81. The molecule has 27 heavy (non-hydrogen) atoms. The summed E-state index contributed by atoms with van der Waals surface area (Å²) in [7, 11) is 0. The highest BCUT2D eigenvalue weighted by Crippen LogP contribution is 2.32. The summed E-state index contributed by atoms with van der Waals surface area (Å²) in [6, 6.07) is 5.66. The van der Waals surface area contributed by atoms with E-state index < -0.39 is 0 Å². The number of aromatic nitrogens is 3. The van der Waals surface area contributed by atoms with Crippen molar-refractivity contribution in [2.75, 3.05) is 10.6 Å². The van der Waals surface area contributed by atoms with Crippen molar-refractivity contribution in [2.24, 2.45) is 0 Å². The van der Waals surface area contributed by atoms with Crippen LogP contribution in [0.2, 0.25) is 0 Å². The first-order valence-electron chi connectivity index (χ1n) is 8.91. The average molecular weight is 371 g/mol. The van der Waals surface area contributed by atoms with Gasteiger partial charge in [-0.2, -0.15) is 0 Å². The van der Waals surface area contributed by atoms with Gasteiger partial charge in [-0.25, -0.2) is 13.9 Å². The fourth-order valence-electron chi connectivity index (χ4n) is 2.81. The first kappa shape index (κ1) is 18.9. The number of carbonyl (C=O) groups is 1. The molecule has 0 unspecified atom stereocenters. The second-order valence-corrected chi connectivity index (χ2v) is 8.74. The molecule has 0 atom stereocenters. The Morgan fingerprint density at radius 1 is 1.11 bits per heavy atom. The Labute approximate surface area is 158 Å². The summed E-state index contributed by atoms with van der Waals surface area (Å²) in [4.78, 5) is 17.5. The molecular weight excluding hydrogens is 345 g/mol. The van der Waals surface area contributed by atoms with Gasteiger partial charge in [-0.15, -0.1) is 0 Å². The highest BCUT2D eigenvalue weighted by molar-refractivity contribution is 6.08. The molecule has 2 heterocycles. The smallest absolute Gasteiger partial charge is 0.261 e. The third kappa shape index (κ3) is 3.97. The lowest BCUT2D eigenvalue weighted by Gasteiger charge is -2.25. The van der Waals surface area contributed by atoms with Crippen LogP contribution in [0.3, 0.4) is 0 Å². The Hall–Kier alpha value is -2.83. The second-order valence-electron chi connectivity index (χ2n) is 8.74. The number of benzene rings is 1. The van der Waals surface area contributed by atoms with Crippen LogP contribution in [-0.4, -0.2) is 26.0 Å². The van der Waals surface area contributed by atoms with Gasteiger partial charge < -0.3 is 10.6 Å². The average Bonchev–Trinajstić information content (AvgIpc) is 3.08. The normalized spacial score (nSPS) is 12.4. The van der Waals surface area contributed by atoms with E-state index in [0.717, 1.165) is 11.5 Å². The first-order chi connectivity index (χ1) is 12.5. The molecule has 0 aliphatic heterocycles. The van der Waals surface area contributed by atoms with Gasteiger partial charge in [-0.1, -0.05) is 20.8 Å². The Morgan fingerprint density at radius 2 is 1.74 bits per heavy atom. The molecule has 3 N–H and O–H groups in total. The van der Waals surface area contributed by atoms with E-state index in [9.17, 15) is 9.18 Å². The predicted octanol–water partition coefficient (Wildman–Crippen LogP) is 4.56. The number of hydrogen-bond donors (Lipinski definition) is 3. The minimum absolute atomic E-state index is 0.169. The molecule has 0 aliphatic carbocycles. The van der Waals surface area contributed by atoms with Crippen molar-refractivity contribution >= 4 is 23.1 Å². The Morgan fingerprint density at radius 3 is 2.30 bits per heavy atom. The van der Waals surface area contributed by atoms with Crippen LogP contribution in [0.15, 0.2) is 30.5 Å². The van der Waals surface area contributed by atoms with E-state index in [1.807, 2.05) is 0 Å². The van der Waals surface area contributed by atoms with E-state index in [1.165, 1.54) is 24.3 Å². The third-order valence-electron chi connectivity index (χ3n) is 4.01. The van der Waals surface area contributed by atoms with Crippen molar-refractivity contribution in [1.29, 1.82) is 0 Å². The minimum atomic E-state index is -0.349. The standard InChI is InChI=1S/C20H26FN5O/c1-19(2,3)15-17(25-20(4,5)6)26-16(24-15)14(11-22-26)18(27)23-13-9-7-12(21)8-10-13/h7-11,22,25H,1-6H3,(H,23,27). The van der Waals surface area contributed by atoms with Crippen LogP contribution >= 0.6 is 0 Å². The van der Waals surface area contributed by atoms with Crippen LogP contribution in [0.5, 0.6) is 0 Å². The van der Waals surface area contributed by atoms with Crippen molar-refractivity contribution in [3.63, 3.8) is 0 Å². The lowest BCUT2D eigenvalue weighted by molar-refractivity contribution is 0.102. The van der Waals surface area contributed by atoms with Crippen LogP contribution in [0.1, 0.15) is 57.6 Å². The molecule has 0 radical (unpaired) electrons. The molecule has 1 amide bonds. The number of amides is 1. The van der Waals surface area contributed by atoms with Crippen LogP contribution in [0.4, 0.5) is 15.9 Å². The second kappa shape index (κ2) is 6.40. The van der Waals surface area contributed by atoms with E-state index in [0.29, 0.717) is 16.9 Å². The van der Waals surface area contributed by atoms with Crippen LogP contribution in [-0.2, 0) is 5.41 Å². The maximum absolute atomic E-state index is 13.1. The molecule has 0 saturated carbocycles. The topological polar surface area (TPSA) is 74.2 Å². The monoisotopic (exact) mass is 371 g/mol. The summed E-state index contributed by atoms with van der Waals surface area (Å²) >= 11 is 0. The number of carbonyl (C=O) groups excluding carboxylic acids is 1. The zero-order valence-corrected chi connectivity index (χ0v) is 16.6. The summed E-state index contributed by atoms with van der Waals surface area (Å²) in [5.74, 6) is 0.185. The summed E-state index contributed by atoms with van der Waals surface area (Å²) in [5, 5.41) is 9.38. The molecule has 6 nitrogen and oxygen atoms in total. The molecule has 7 heteroatoms. The molecule has 0 saturated heterocycles. The summed E-state index contributed by atoms with van der Waals surface area (Å²) in [6.45, 7) is 12.5. The van der Waals surface area contributed by atoms with Crippen molar-refractivity contribution in [3.8, 4) is 0 Å². The molecule has 3 aromatic rings. The van der Waals surface area contributed by atoms with Crippen molar-refractivity contribution in [1.82, 2.24) is 14.6 Å². The van der Waals surface area contributed by atoms with Crippen molar-refractivity contribution in [3.05, 3.63) is 47.5 Å². The number of nitrogens with one attached hydrogen (secondary N) is 3. The molecule has 144 valence electrons. The number of nitrogens with zero attached hydrogens (tertiary/aromatic N) is 2. The number of aromatic amines is 1. The van der Waals surface area contributed by atoms with Gasteiger partial charge in [0.15, 0.2) is 11.5 Å².